The molecule has 0 saturated carbocycles. The third kappa shape index (κ3) is 4.36. The van der Waals surface area contributed by atoms with Gasteiger partial charge < -0.3 is 5.73 Å². The molecule has 0 unspecified atom stereocenters. The fourth-order valence-corrected chi connectivity index (χ4v) is 2.44. The highest BCUT2D eigenvalue weighted by Gasteiger charge is 2.07. The highest BCUT2D eigenvalue weighted by Crippen LogP contribution is 2.16. The first kappa shape index (κ1) is 17.4. The van der Waals surface area contributed by atoms with E-state index >= 15 is 0 Å². The summed E-state index contributed by atoms with van der Waals surface area (Å²) in [6.45, 7) is 4.07. The third-order valence-electron chi connectivity index (χ3n) is 3.79. The lowest BCUT2D eigenvalue weighted by molar-refractivity contribution is 1.43. The van der Waals surface area contributed by atoms with E-state index in [1.165, 1.54) is 0 Å². The van der Waals surface area contributed by atoms with Gasteiger partial charge in [0.1, 0.15) is 13.7 Å². The van der Waals surface area contributed by atoms with Crippen LogP contribution in [0.1, 0.15) is 16.7 Å². The SMILES string of the molecule is [B]c1cccc(C(N)=NC(=NC(=C)c2ccccc2)c2ccccc2)c1. The molecule has 2 N–H and O–H groups in total. The molecule has 3 nitrogen and oxygen atoms in total. The highest BCUT2D eigenvalue weighted by molar-refractivity contribution is 6.32. The van der Waals surface area contributed by atoms with Crippen molar-refractivity contribution in [3.05, 3.63) is 108 Å². The van der Waals surface area contributed by atoms with Crippen molar-refractivity contribution < 1.29 is 0 Å². The van der Waals surface area contributed by atoms with E-state index < -0.39 is 0 Å². The molecule has 0 aliphatic rings. The van der Waals surface area contributed by atoms with Crippen LogP contribution in [0.25, 0.3) is 5.70 Å². The van der Waals surface area contributed by atoms with Crippen LogP contribution in [-0.4, -0.2) is 19.5 Å². The Labute approximate surface area is 155 Å². The molecule has 0 fully saturated rings. The minimum absolute atomic E-state index is 0.348. The molecule has 4 heteroatoms. The number of hydrogen-bond donors (Lipinski definition) is 1. The number of nitrogens with zero attached hydrogens (tertiary/aromatic N) is 2. The lowest BCUT2D eigenvalue weighted by Gasteiger charge is -2.07. The van der Waals surface area contributed by atoms with Gasteiger partial charge in [0.05, 0.1) is 5.70 Å². The van der Waals surface area contributed by atoms with Crippen LogP contribution in [0.5, 0.6) is 0 Å². The van der Waals surface area contributed by atoms with Crippen molar-refractivity contribution in [2.75, 3.05) is 0 Å². The Morgan fingerprint density at radius 2 is 1.31 bits per heavy atom. The minimum atomic E-state index is 0.348. The van der Waals surface area contributed by atoms with Crippen molar-refractivity contribution in [3.63, 3.8) is 0 Å². The monoisotopic (exact) mass is 335 g/mol. The fourth-order valence-electron chi connectivity index (χ4n) is 2.44. The Morgan fingerprint density at radius 3 is 1.92 bits per heavy atom. The van der Waals surface area contributed by atoms with Crippen LogP contribution in [0.2, 0.25) is 0 Å². The number of rotatable bonds is 4. The number of benzene rings is 3. The minimum Gasteiger partial charge on any atom is -0.383 e. The number of nitrogens with two attached hydrogens (primary N) is 1. The van der Waals surface area contributed by atoms with Gasteiger partial charge in [-0.15, -0.1) is 0 Å². The van der Waals surface area contributed by atoms with Gasteiger partial charge in [-0.3, -0.25) is 0 Å². The predicted octanol–water partition coefficient (Wildman–Crippen LogP) is 3.30. The highest BCUT2D eigenvalue weighted by atomic mass is 15.0. The average molecular weight is 335 g/mol. The summed E-state index contributed by atoms with van der Waals surface area (Å²) in [7, 11) is 5.84. The van der Waals surface area contributed by atoms with Gasteiger partial charge in [0.15, 0.2) is 5.84 Å². The van der Waals surface area contributed by atoms with Gasteiger partial charge in [-0.25, -0.2) is 9.98 Å². The molecule has 3 aromatic carbocycles. The normalized spacial score (nSPS) is 12.0. The molecule has 0 amide bonds. The maximum atomic E-state index is 6.20. The second-order valence-corrected chi connectivity index (χ2v) is 5.74. The Hall–Kier alpha value is -3.40. The van der Waals surface area contributed by atoms with E-state index in [2.05, 4.69) is 16.6 Å². The first-order chi connectivity index (χ1) is 12.6. The van der Waals surface area contributed by atoms with E-state index in [4.69, 9.17) is 13.6 Å². The van der Waals surface area contributed by atoms with E-state index in [0.717, 1.165) is 16.7 Å². The van der Waals surface area contributed by atoms with Crippen LogP contribution in [0.3, 0.4) is 0 Å². The summed E-state index contributed by atoms with van der Waals surface area (Å²) in [4.78, 5) is 9.18. The molecule has 0 atom stereocenters. The van der Waals surface area contributed by atoms with Crippen LogP contribution in [0.4, 0.5) is 0 Å². The van der Waals surface area contributed by atoms with Crippen LogP contribution in [0, 0.1) is 0 Å². The summed E-state index contributed by atoms with van der Waals surface area (Å²) in [6, 6.07) is 26.7. The van der Waals surface area contributed by atoms with Crippen molar-refractivity contribution >= 4 is 30.7 Å². The Bertz CT molecular complexity index is 961. The second-order valence-electron chi connectivity index (χ2n) is 5.74. The summed E-state index contributed by atoms with van der Waals surface area (Å²) >= 11 is 0. The standard InChI is InChI=1S/C22H18BN3/c1-16(17-9-4-2-5-10-17)25-22(18-11-6-3-7-12-18)26-21(24)19-13-8-14-20(23)15-19/h2-15H,1H2,(H2,24,25,26). The van der Waals surface area contributed by atoms with Crippen molar-refractivity contribution in [3.8, 4) is 0 Å². The van der Waals surface area contributed by atoms with Gasteiger partial charge in [0.25, 0.3) is 0 Å². The van der Waals surface area contributed by atoms with Crippen molar-refractivity contribution in [2.24, 2.45) is 15.7 Å². The van der Waals surface area contributed by atoms with E-state index in [-0.39, 0.29) is 0 Å². The Morgan fingerprint density at radius 1 is 0.731 bits per heavy atom. The van der Waals surface area contributed by atoms with Gasteiger partial charge in [0.2, 0.25) is 0 Å². The largest absolute Gasteiger partial charge is 0.383 e. The van der Waals surface area contributed by atoms with Crippen LogP contribution in [-0.2, 0) is 0 Å². The first-order valence-electron chi connectivity index (χ1n) is 8.22. The average Bonchev–Trinajstić information content (AvgIpc) is 2.68. The summed E-state index contributed by atoms with van der Waals surface area (Å²) in [5, 5.41) is 0. The summed E-state index contributed by atoms with van der Waals surface area (Å²) in [5.74, 6) is 0.847. The van der Waals surface area contributed by atoms with E-state index in [1.807, 2.05) is 72.8 Å². The molecular formula is C22H18BN3. The first-order valence-corrected chi connectivity index (χ1v) is 8.22. The number of amidine groups is 2. The predicted molar refractivity (Wildman–Crippen MR) is 111 cm³/mol. The zero-order valence-corrected chi connectivity index (χ0v) is 14.3. The zero-order chi connectivity index (χ0) is 18.4. The van der Waals surface area contributed by atoms with Crippen molar-refractivity contribution in [1.82, 2.24) is 0 Å². The van der Waals surface area contributed by atoms with E-state index in [9.17, 15) is 0 Å². The fraction of sp³-hybridized carbons (Fsp3) is 0. The van der Waals surface area contributed by atoms with Gasteiger partial charge in [0, 0.05) is 11.1 Å². The maximum Gasteiger partial charge on any atom is 0.162 e. The molecule has 26 heavy (non-hydrogen) atoms. The Kier molecular flexibility index (Phi) is 5.44. The van der Waals surface area contributed by atoms with E-state index in [0.29, 0.717) is 22.8 Å². The van der Waals surface area contributed by atoms with Crippen molar-refractivity contribution in [1.29, 1.82) is 0 Å². The molecule has 0 aliphatic carbocycles. The molecule has 0 bridgehead atoms. The van der Waals surface area contributed by atoms with Crippen LogP contribution >= 0.6 is 0 Å². The molecule has 0 saturated heterocycles. The molecule has 124 valence electrons. The van der Waals surface area contributed by atoms with Gasteiger partial charge in [-0.1, -0.05) is 97.0 Å². The molecule has 0 aliphatic heterocycles. The second kappa shape index (κ2) is 8.12. The molecule has 0 spiro atoms. The summed E-state index contributed by atoms with van der Waals surface area (Å²) < 4.78 is 0. The maximum absolute atomic E-state index is 6.20. The van der Waals surface area contributed by atoms with Crippen LogP contribution in [0.15, 0.2) is 101 Å². The molecular weight excluding hydrogens is 317 g/mol. The number of aliphatic imine (C=N–C) groups is 2. The smallest absolute Gasteiger partial charge is 0.162 e. The van der Waals surface area contributed by atoms with Crippen molar-refractivity contribution in [2.45, 2.75) is 0 Å². The molecule has 0 aromatic heterocycles. The third-order valence-corrected chi connectivity index (χ3v) is 3.79. The molecule has 3 rings (SSSR count). The van der Waals surface area contributed by atoms with Crippen LogP contribution < -0.4 is 11.2 Å². The molecule has 0 heterocycles. The summed E-state index contributed by atoms with van der Waals surface area (Å²) in [5.41, 5.74) is 9.99. The molecule has 2 radical (unpaired) electrons. The lowest BCUT2D eigenvalue weighted by Crippen LogP contribution is -2.18. The summed E-state index contributed by atoms with van der Waals surface area (Å²) in [6.07, 6.45) is 0. The zero-order valence-electron chi connectivity index (χ0n) is 14.3. The Balaban J connectivity index is 2.03. The quantitative estimate of drug-likeness (QED) is 0.444. The lowest BCUT2D eigenvalue weighted by atomic mass is 9.94. The van der Waals surface area contributed by atoms with Gasteiger partial charge >= 0.3 is 0 Å². The topological polar surface area (TPSA) is 50.7 Å². The van der Waals surface area contributed by atoms with E-state index in [1.54, 1.807) is 12.1 Å². The molecule has 3 aromatic rings. The van der Waals surface area contributed by atoms with Gasteiger partial charge in [-0.05, 0) is 5.56 Å². The van der Waals surface area contributed by atoms with Gasteiger partial charge in [-0.2, -0.15) is 0 Å². The number of hydrogen-bond acceptors (Lipinski definition) is 1.